The second-order valence-corrected chi connectivity index (χ2v) is 10.6. The Balaban J connectivity index is 1.22. The van der Waals surface area contributed by atoms with Gasteiger partial charge in [0.15, 0.2) is 0 Å². The number of likely N-dealkylation sites (tertiary alicyclic amines) is 2. The molecule has 2 atom stereocenters. The van der Waals surface area contributed by atoms with Crippen molar-refractivity contribution < 1.29 is 9.53 Å². The van der Waals surface area contributed by atoms with Crippen molar-refractivity contribution in [2.75, 3.05) is 32.7 Å². The molecule has 6 heteroatoms. The Labute approximate surface area is 186 Å². The van der Waals surface area contributed by atoms with E-state index in [1.54, 1.807) is 4.90 Å². The molecule has 2 saturated heterocycles. The number of carbonyl (C=O) groups excluding carboxylic acids is 1. The molecule has 0 radical (unpaired) electrons. The van der Waals surface area contributed by atoms with Crippen molar-refractivity contribution >= 4 is 6.09 Å². The van der Waals surface area contributed by atoms with Crippen LogP contribution in [0, 0.1) is 17.2 Å². The van der Waals surface area contributed by atoms with Crippen molar-refractivity contribution in [3.63, 3.8) is 0 Å². The van der Waals surface area contributed by atoms with Crippen LogP contribution in [0.4, 0.5) is 4.79 Å². The second-order valence-electron chi connectivity index (χ2n) is 10.6. The van der Waals surface area contributed by atoms with Gasteiger partial charge < -0.3 is 15.0 Å². The van der Waals surface area contributed by atoms with Gasteiger partial charge in [0.05, 0.1) is 12.5 Å². The number of nitrogens with one attached hydrogen (secondary N) is 1. The number of hydrogen-bond acceptors (Lipinski definition) is 5. The lowest BCUT2D eigenvalue weighted by atomic mass is 9.79. The molecule has 1 N–H and O–H groups in total. The summed E-state index contributed by atoms with van der Waals surface area (Å²) in [6, 6.07) is 13.8. The van der Waals surface area contributed by atoms with Gasteiger partial charge in [-0.15, -0.1) is 0 Å². The summed E-state index contributed by atoms with van der Waals surface area (Å²) in [7, 11) is 0. The van der Waals surface area contributed by atoms with Gasteiger partial charge in [0.1, 0.15) is 5.60 Å². The molecule has 4 rings (SSSR count). The molecule has 3 aliphatic rings. The van der Waals surface area contributed by atoms with Crippen LogP contribution >= 0.6 is 0 Å². The van der Waals surface area contributed by atoms with E-state index in [4.69, 9.17) is 4.74 Å². The fraction of sp³-hybridized carbons (Fsp3) is 0.680. The molecule has 2 aliphatic heterocycles. The normalized spacial score (nSPS) is 26.1. The number of rotatable bonds is 6. The maximum atomic E-state index is 12.4. The number of benzene rings is 1. The highest BCUT2D eigenvalue weighted by atomic mass is 16.6. The molecular weight excluding hydrogens is 388 g/mol. The van der Waals surface area contributed by atoms with Crippen LogP contribution in [0.2, 0.25) is 0 Å². The summed E-state index contributed by atoms with van der Waals surface area (Å²) in [5, 5.41) is 13.2. The maximum absolute atomic E-state index is 12.4. The van der Waals surface area contributed by atoms with E-state index in [9.17, 15) is 10.1 Å². The molecule has 2 heterocycles. The quantitative estimate of drug-likeness (QED) is 0.753. The number of hydrogen-bond donors (Lipinski definition) is 1. The Bertz CT molecular complexity index is 799. The highest BCUT2D eigenvalue weighted by Gasteiger charge is 2.47. The van der Waals surface area contributed by atoms with Crippen molar-refractivity contribution in [3.05, 3.63) is 35.9 Å². The predicted octanol–water partition coefficient (Wildman–Crippen LogP) is 3.75. The van der Waals surface area contributed by atoms with Crippen LogP contribution in [-0.2, 0) is 4.74 Å². The Morgan fingerprint density at radius 3 is 2.52 bits per heavy atom. The zero-order valence-electron chi connectivity index (χ0n) is 19.1. The Morgan fingerprint density at radius 2 is 1.90 bits per heavy atom. The third-order valence-electron chi connectivity index (χ3n) is 7.07. The van der Waals surface area contributed by atoms with Crippen LogP contribution in [0.25, 0.3) is 0 Å². The third-order valence-corrected chi connectivity index (χ3v) is 7.07. The summed E-state index contributed by atoms with van der Waals surface area (Å²) < 4.78 is 5.52. The molecule has 0 spiro atoms. The average molecular weight is 425 g/mol. The van der Waals surface area contributed by atoms with E-state index in [0.29, 0.717) is 37.4 Å². The first-order valence-corrected chi connectivity index (χ1v) is 11.7. The van der Waals surface area contributed by atoms with Gasteiger partial charge in [-0.3, -0.25) is 4.90 Å². The summed E-state index contributed by atoms with van der Waals surface area (Å²) in [6.45, 7) is 10.2. The molecule has 1 saturated carbocycles. The van der Waals surface area contributed by atoms with Gasteiger partial charge in [-0.2, -0.15) is 5.26 Å². The van der Waals surface area contributed by atoms with Crippen molar-refractivity contribution in [2.24, 2.45) is 5.92 Å². The van der Waals surface area contributed by atoms with E-state index in [0.717, 1.165) is 32.5 Å². The summed E-state index contributed by atoms with van der Waals surface area (Å²) in [5.74, 6) is 1.32. The lowest BCUT2D eigenvalue weighted by Gasteiger charge is -2.54. The molecule has 31 heavy (non-hydrogen) atoms. The Morgan fingerprint density at radius 1 is 1.23 bits per heavy atom. The minimum absolute atomic E-state index is 0.0874. The van der Waals surface area contributed by atoms with Gasteiger partial charge in [-0.05, 0) is 51.5 Å². The van der Waals surface area contributed by atoms with Crippen molar-refractivity contribution in [1.29, 1.82) is 5.26 Å². The number of nitrogens with zero attached hydrogens (tertiary/aromatic N) is 3. The molecule has 1 aromatic carbocycles. The molecule has 0 aromatic heterocycles. The number of amides is 1. The predicted molar refractivity (Wildman–Crippen MR) is 121 cm³/mol. The molecule has 6 nitrogen and oxygen atoms in total. The summed E-state index contributed by atoms with van der Waals surface area (Å²) in [6.07, 6.45) is 3.23. The zero-order chi connectivity index (χ0) is 22.1. The van der Waals surface area contributed by atoms with E-state index < -0.39 is 5.60 Å². The fourth-order valence-corrected chi connectivity index (χ4v) is 5.08. The van der Waals surface area contributed by atoms with Crippen LogP contribution < -0.4 is 5.32 Å². The summed E-state index contributed by atoms with van der Waals surface area (Å²) >= 11 is 0. The standard InChI is InChI=1S/C25H36N4O2/c1-24(2,3)31-23(30)28-13-10-25(9-12-26,11-14-28)29-17-19(18-29)16-27-22-15-21(22)20-7-5-4-6-8-20/h4-8,19,21-22,27H,9-11,13-18H2,1-3H3. The molecule has 3 fully saturated rings. The van der Waals surface area contributed by atoms with Gasteiger partial charge in [-0.1, -0.05) is 30.3 Å². The SMILES string of the molecule is CC(C)(C)OC(=O)N1CCC(CC#N)(N2CC(CNC3CC3c3ccccc3)C2)CC1. The van der Waals surface area contributed by atoms with Gasteiger partial charge >= 0.3 is 6.09 Å². The van der Waals surface area contributed by atoms with Gasteiger partial charge in [0.25, 0.3) is 0 Å². The minimum Gasteiger partial charge on any atom is -0.444 e. The monoisotopic (exact) mass is 424 g/mol. The molecule has 0 bridgehead atoms. The molecule has 168 valence electrons. The second kappa shape index (κ2) is 8.80. The molecule has 2 unspecified atom stereocenters. The van der Waals surface area contributed by atoms with Gasteiger partial charge in [0, 0.05) is 50.2 Å². The first kappa shape index (κ1) is 22.1. The van der Waals surface area contributed by atoms with Crippen LogP contribution in [0.3, 0.4) is 0 Å². The lowest BCUT2D eigenvalue weighted by Crippen LogP contribution is -2.64. The van der Waals surface area contributed by atoms with Crippen molar-refractivity contribution in [3.8, 4) is 6.07 Å². The Hall–Kier alpha value is -2.10. The first-order valence-electron chi connectivity index (χ1n) is 11.7. The number of nitriles is 1. The highest BCUT2D eigenvalue weighted by Crippen LogP contribution is 2.41. The lowest BCUT2D eigenvalue weighted by molar-refractivity contribution is -0.0520. The minimum atomic E-state index is -0.475. The number of piperidine rings is 1. The van der Waals surface area contributed by atoms with E-state index in [-0.39, 0.29) is 11.6 Å². The molecule has 1 amide bonds. The first-order chi connectivity index (χ1) is 14.8. The third kappa shape index (κ3) is 5.22. The smallest absolute Gasteiger partial charge is 0.410 e. The van der Waals surface area contributed by atoms with Crippen molar-refractivity contribution in [2.45, 2.75) is 69.6 Å². The van der Waals surface area contributed by atoms with E-state index >= 15 is 0 Å². The fourth-order valence-electron chi connectivity index (χ4n) is 5.08. The molecule has 1 aliphatic carbocycles. The topological polar surface area (TPSA) is 68.6 Å². The van der Waals surface area contributed by atoms with Crippen LogP contribution in [0.15, 0.2) is 30.3 Å². The maximum Gasteiger partial charge on any atom is 0.410 e. The molecule has 1 aromatic rings. The summed E-state index contributed by atoms with van der Waals surface area (Å²) in [5.41, 5.74) is 0.882. The van der Waals surface area contributed by atoms with E-state index in [1.165, 1.54) is 12.0 Å². The van der Waals surface area contributed by atoms with Crippen LogP contribution in [0.1, 0.15) is 57.9 Å². The zero-order valence-corrected chi connectivity index (χ0v) is 19.1. The van der Waals surface area contributed by atoms with Crippen LogP contribution in [-0.4, -0.2) is 65.8 Å². The highest BCUT2D eigenvalue weighted by molar-refractivity contribution is 5.68. The van der Waals surface area contributed by atoms with Gasteiger partial charge in [0.2, 0.25) is 0 Å². The van der Waals surface area contributed by atoms with E-state index in [2.05, 4.69) is 46.6 Å². The number of carbonyl (C=O) groups is 1. The van der Waals surface area contributed by atoms with Crippen molar-refractivity contribution in [1.82, 2.24) is 15.1 Å². The van der Waals surface area contributed by atoms with E-state index in [1.807, 2.05) is 20.8 Å². The van der Waals surface area contributed by atoms with Crippen LogP contribution in [0.5, 0.6) is 0 Å². The number of ether oxygens (including phenoxy) is 1. The molecular formula is C25H36N4O2. The average Bonchev–Trinajstić information content (AvgIpc) is 3.46. The largest absolute Gasteiger partial charge is 0.444 e. The summed E-state index contributed by atoms with van der Waals surface area (Å²) in [4.78, 5) is 16.7. The van der Waals surface area contributed by atoms with Gasteiger partial charge in [-0.25, -0.2) is 4.79 Å². The Kier molecular flexibility index (Phi) is 6.27.